The van der Waals surface area contributed by atoms with E-state index in [0.29, 0.717) is 5.92 Å². The van der Waals surface area contributed by atoms with Crippen molar-refractivity contribution in [2.45, 2.75) is 26.7 Å². The number of aryl methyl sites for hydroxylation is 1. The first-order valence-electron chi connectivity index (χ1n) is 8.33. The molecule has 0 spiro atoms. The normalized spacial score (nSPS) is 11.4. The minimum absolute atomic E-state index is 0.0673. The summed E-state index contributed by atoms with van der Waals surface area (Å²) in [5.74, 6) is 0.853. The highest BCUT2D eigenvalue weighted by Crippen LogP contribution is 2.24. The minimum atomic E-state index is -0.293. The second-order valence-corrected chi connectivity index (χ2v) is 6.05. The lowest BCUT2D eigenvalue weighted by Gasteiger charge is -2.12. The van der Waals surface area contributed by atoms with Crippen LogP contribution in [0.15, 0.2) is 59.7 Å². The summed E-state index contributed by atoms with van der Waals surface area (Å²) < 4.78 is 5.61. The first-order chi connectivity index (χ1) is 12.1. The SMILES string of the molecule is Cc1ccc(C(C)C)cc1OCC(=O)N/N=C/C=C/c1ccccc1. The van der Waals surface area contributed by atoms with Gasteiger partial charge in [0.2, 0.25) is 0 Å². The van der Waals surface area contributed by atoms with Gasteiger partial charge in [-0.2, -0.15) is 5.10 Å². The van der Waals surface area contributed by atoms with Gasteiger partial charge in [0, 0.05) is 6.21 Å². The van der Waals surface area contributed by atoms with E-state index < -0.39 is 0 Å². The van der Waals surface area contributed by atoms with Crippen LogP contribution in [0.3, 0.4) is 0 Å². The molecule has 4 heteroatoms. The van der Waals surface area contributed by atoms with Crippen molar-refractivity contribution in [2.75, 3.05) is 6.61 Å². The van der Waals surface area contributed by atoms with Crippen LogP contribution in [0.2, 0.25) is 0 Å². The predicted octanol–water partition coefficient (Wildman–Crippen LogP) is 4.31. The van der Waals surface area contributed by atoms with Gasteiger partial charge in [-0.25, -0.2) is 5.43 Å². The molecule has 130 valence electrons. The van der Waals surface area contributed by atoms with Gasteiger partial charge < -0.3 is 4.74 Å². The maximum absolute atomic E-state index is 11.8. The van der Waals surface area contributed by atoms with Crippen LogP contribution in [0.25, 0.3) is 6.08 Å². The van der Waals surface area contributed by atoms with Crippen LogP contribution in [-0.4, -0.2) is 18.7 Å². The fraction of sp³-hybridized carbons (Fsp3) is 0.238. The first-order valence-corrected chi connectivity index (χ1v) is 8.33. The van der Waals surface area contributed by atoms with Gasteiger partial charge >= 0.3 is 0 Å². The van der Waals surface area contributed by atoms with E-state index in [1.165, 1.54) is 11.8 Å². The molecule has 0 saturated heterocycles. The van der Waals surface area contributed by atoms with Gasteiger partial charge in [-0.3, -0.25) is 4.79 Å². The van der Waals surface area contributed by atoms with Gasteiger partial charge in [0.1, 0.15) is 5.75 Å². The average Bonchev–Trinajstić information content (AvgIpc) is 2.61. The Morgan fingerprint density at radius 2 is 1.96 bits per heavy atom. The number of nitrogens with zero attached hydrogens (tertiary/aromatic N) is 1. The Balaban J connectivity index is 1.80. The zero-order valence-electron chi connectivity index (χ0n) is 14.9. The summed E-state index contributed by atoms with van der Waals surface area (Å²) in [6, 6.07) is 15.9. The summed E-state index contributed by atoms with van der Waals surface area (Å²) in [5, 5.41) is 3.88. The summed E-state index contributed by atoms with van der Waals surface area (Å²) in [4.78, 5) is 11.8. The second-order valence-electron chi connectivity index (χ2n) is 6.05. The fourth-order valence-corrected chi connectivity index (χ4v) is 2.18. The van der Waals surface area contributed by atoms with E-state index in [0.717, 1.165) is 16.9 Å². The van der Waals surface area contributed by atoms with Gasteiger partial charge in [0.15, 0.2) is 6.61 Å². The Morgan fingerprint density at radius 3 is 2.68 bits per heavy atom. The fourth-order valence-electron chi connectivity index (χ4n) is 2.18. The molecule has 0 unspecified atom stereocenters. The van der Waals surface area contributed by atoms with Crippen molar-refractivity contribution in [1.82, 2.24) is 5.43 Å². The van der Waals surface area contributed by atoms with Gasteiger partial charge in [-0.05, 0) is 41.7 Å². The molecule has 0 bridgehead atoms. The molecule has 4 nitrogen and oxygen atoms in total. The van der Waals surface area contributed by atoms with E-state index >= 15 is 0 Å². The van der Waals surface area contributed by atoms with Crippen molar-refractivity contribution in [3.8, 4) is 5.75 Å². The molecule has 2 rings (SSSR count). The molecular weight excluding hydrogens is 312 g/mol. The first kappa shape index (κ1) is 18.5. The lowest BCUT2D eigenvalue weighted by molar-refractivity contribution is -0.123. The molecule has 0 heterocycles. The second kappa shape index (κ2) is 9.42. The predicted molar refractivity (Wildman–Crippen MR) is 103 cm³/mol. The molecular formula is C21H24N2O2. The third kappa shape index (κ3) is 6.26. The average molecular weight is 336 g/mol. The number of nitrogens with one attached hydrogen (secondary N) is 1. The topological polar surface area (TPSA) is 50.7 Å². The lowest BCUT2D eigenvalue weighted by atomic mass is 10.0. The Hall–Kier alpha value is -2.88. The van der Waals surface area contributed by atoms with Crippen molar-refractivity contribution in [2.24, 2.45) is 5.10 Å². The molecule has 0 atom stereocenters. The van der Waals surface area contributed by atoms with Crippen molar-refractivity contribution in [1.29, 1.82) is 0 Å². The molecule has 1 N–H and O–H groups in total. The molecule has 1 amide bonds. The third-order valence-electron chi connectivity index (χ3n) is 3.68. The van der Waals surface area contributed by atoms with Gasteiger partial charge in [-0.1, -0.05) is 62.4 Å². The van der Waals surface area contributed by atoms with Crippen molar-refractivity contribution >= 4 is 18.2 Å². The molecule has 2 aromatic rings. The number of ether oxygens (including phenoxy) is 1. The third-order valence-corrected chi connectivity index (χ3v) is 3.68. The highest BCUT2D eigenvalue weighted by Gasteiger charge is 2.07. The zero-order chi connectivity index (χ0) is 18.1. The number of amides is 1. The number of hydrogen-bond acceptors (Lipinski definition) is 3. The van der Waals surface area contributed by atoms with Gasteiger partial charge in [-0.15, -0.1) is 0 Å². The summed E-state index contributed by atoms with van der Waals surface area (Å²) >= 11 is 0. The van der Waals surface area contributed by atoms with E-state index in [1.54, 1.807) is 6.08 Å². The summed E-state index contributed by atoms with van der Waals surface area (Å²) in [5.41, 5.74) is 5.71. The number of rotatable bonds is 7. The van der Waals surface area contributed by atoms with Gasteiger partial charge in [0.25, 0.3) is 5.91 Å². The Bertz CT molecular complexity index is 750. The molecule has 0 saturated carbocycles. The Morgan fingerprint density at radius 1 is 1.20 bits per heavy atom. The standard InChI is InChI=1S/C21H24N2O2/c1-16(2)19-12-11-17(3)20(14-19)25-15-21(24)23-22-13-7-10-18-8-5-4-6-9-18/h4-14,16H,15H2,1-3H3,(H,23,24)/b10-7+,22-13+. The highest BCUT2D eigenvalue weighted by atomic mass is 16.5. The maximum Gasteiger partial charge on any atom is 0.277 e. The molecule has 0 aliphatic carbocycles. The molecule has 0 radical (unpaired) electrons. The Kier molecular flexibility index (Phi) is 6.96. The molecule has 0 aliphatic heterocycles. The van der Waals surface area contributed by atoms with Crippen molar-refractivity contribution in [3.63, 3.8) is 0 Å². The molecule has 25 heavy (non-hydrogen) atoms. The molecule has 0 aliphatic rings. The molecule has 0 fully saturated rings. The Labute approximate surface area is 149 Å². The van der Waals surface area contributed by atoms with Crippen LogP contribution in [0.5, 0.6) is 5.75 Å². The zero-order valence-corrected chi connectivity index (χ0v) is 14.9. The number of carbonyl (C=O) groups excluding carboxylic acids is 1. The summed E-state index contributed by atoms with van der Waals surface area (Å²) in [6.45, 7) is 6.14. The number of hydrogen-bond donors (Lipinski definition) is 1. The van der Waals surface area contributed by atoms with E-state index in [1.807, 2.05) is 55.5 Å². The van der Waals surface area contributed by atoms with Crippen LogP contribution in [-0.2, 0) is 4.79 Å². The maximum atomic E-state index is 11.8. The molecule has 0 aromatic heterocycles. The number of benzene rings is 2. The van der Waals surface area contributed by atoms with Crippen molar-refractivity contribution in [3.05, 3.63) is 71.3 Å². The van der Waals surface area contributed by atoms with Crippen LogP contribution >= 0.6 is 0 Å². The number of hydrazone groups is 1. The largest absolute Gasteiger partial charge is 0.483 e. The highest BCUT2D eigenvalue weighted by molar-refractivity contribution is 5.82. The number of carbonyl (C=O) groups is 1. The monoisotopic (exact) mass is 336 g/mol. The van der Waals surface area contributed by atoms with Crippen LogP contribution in [0.4, 0.5) is 0 Å². The van der Waals surface area contributed by atoms with E-state index in [2.05, 4.69) is 30.4 Å². The quantitative estimate of drug-likeness (QED) is 0.605. The number of allylic oxidation sites excluding steroid dienone is 1. The minimum Gasteiger partial charge on any atom is -0.483 e. The van der Waals surface area contributed by atoms with E-state index in [9.17, 15) is 4.79 Å². The van der Waals surface area contributed by atoms with Crippen LogP contribution in [0.1, 0.15) is 36.5 Å². The van der Waals surface area contributed by atoms with Crippen molar-refractivity contribution < 1.29 is 9.53 Å². The molecule has 2 aromatic carbocycles. The summed E-state index contributed by atoms with van der Waals surface area (Å²) in [6.07, 6.45) is 5.22. The lowest BCUT2D eigenvalue weighted by Crippen LogP contribution is -2.24. The summed E-state index contributed by atoms with van der Waals surface area (Å²) in [7, 11) is 0. The van der Waals surface area contributed by atoms with Gasteiger partial charge in [0.05, 0.1) is 0 Å². The van der Waals surface area contributed by atoms with E-state index in [-0.39, 0.29) is 12.5 Å². The van der Waals surface area contributed by atoms with E-state index in [4.69, 9.17) is 4.74 Å². The smallest absolute Gasteiger partial charge is 0.277 e. The van der Waals surface area contributed by atoms with Crippen LogP contribution < -0.4 is 10.2 Å². The van der Waals surface area contributed by atoms with Crippen LogP contribution in [0, 0.1) is 6.92 Å².